The highest BCUT2D eigenvalue weighted by Gasteiger charge is 2.18. The third-order valence-electron chi connectivity index (χ3n) is 4.12. The molecule has 146 valence electrons. The van der Waals surface area contributed by atoms with Crippen LogP contribution in [0.2, 0.25) is 0 Å². The number of hydrogen-bond acceptors (Lipinski definition) is 6. The van der Waals surface area contributed by atoms with Crippen molar-refractivity contribution in [2.75, 3.05) is 10.0 Å². The van der Waals surface area contributed by atoms with Crippen LogP contribution >= 0.6 is 11.3 Å². The van der Waals surface area contributed by atoms with E-state index in [0.717, 1.165) is 10.6 Å². The van der Waals surface area contributed by atoms with Crippen molar-refractivity contribution in [3.8, 4) is 0 Å². The molecule has 1 heterocycles. The maximum atomic E-state index is 12.5. The van der Waals surface area contributed by atoms with Crippen LogP contribution in [0.4, 0.5) is 10.8 Å². The highest BCUT2D eigenvalue weighted by atomic mass is 32.2. The van der Waals surface area contributed by atoms with Crippen LogP contribution in [0, 0.1) is 0 Å². The topological polar surface area (TPSA) is 101 Å². The lowest BCUT2D eigenvalue weighted by atomic mass is 10.0. The van der Waals surface area contributed by atoms with Crippen LogP contribution in [0.3, 0.4) is 0 Å². The first kappa shape index (κ1) is 20.0. The smallest absolute Gasteiger partial charge is 0.263 e. The third kappa shape index (κ3) is 4.73. The predicted molar refractivity (Wildman–Crippen MR) is 110 cm³/mol. The van der Waals surface area contributed by atoms with Crippen molar-refractivity contribution in [2.24, 2.45) is 0 Å². The van der Waals surface area contributed by atoms with Crippen LogP contribution in [0.5, 0.6) is 0 Å². The number of aromatic nitrogens is 2. The molecule has 1 atom stereocenters. The molecular formula is C19H20N4O3S2. The molecule has 0 spiro atoms. The maximum absolute atomic E-state index is 12.5. The van der Waals surface area contributed by atoms with Gasteiger partial charge in [-0.05, 0) is 43.2 Å². The van der Waals surface area contributed by atoms with E-state index in [0.29, 0.717) is 12.1 Å². The number of benzene rings is 2. The minimum Gasteiger partial charge on any atom is -0.326 e. The minimum absolute atomic E-state index is 0.0786. The van der Waals surface area contributed by atoms with Gasteiger partial charge in [0, 0.05) is 5.69 Å². The Labute approximate surface area is 167 Å². The van der Waals surface area contributed by atoms with E-state index in [1.165, 1.54) is 23.5 Å². The third-order valence-corrected chi connectivity index (χ3v) is 6.58. The Morgan fingerprint density at radius 1 is 1.07 bits per heavy atom. The number of nitrogens with one attached hydrogen (secondary N) is 2. The molecule has 28 heavy (non-hydrogen) atoms. The number of hydrogen-bond donors (Lipinski definition) is 2. The molecule has 0 saturated carbocycles. The van der Waals surface area contributed by atoms with E-state index in [2.05, 4.69) is 20.2 Å². The molecule has 0 saturated heterocycles. The zero-order valence-electron chi connectivity index (χ0n) is 15.4. The lowest BCUT2D eigenvalue weighted by molar-refractivity contribution is -0.117. The molecule has 7 nitrogen and oxygen atoms in total. The van der Waals surface area contributed by atoms with Crippen LogP contribution in [0.15, 0.2) is 59.5 Å². The molecule has 1 aromatic heterocycles. The number of carbonyl (C=O) groups is 1. The fraction of sp³-hybridized carbons (Fsp3) is 0.211. The SMILES string of the molecule is CCc1nnc(NS(=O)(=O)c2ccc(NC(=O)[C@@H](C)c3ccccc3)cc2)s1. The molecular weight excluding hydrogens is 396 g/mol. The van der Waals surface area contributed by atoms with Gasteiger partial charge in [0.2, 0.25) is 11.0 Å². The molecule has 0 unspecified atom stereocenters. The van der Waals surface area contributed by atoms with E-state index in [-0.39, 0.29) is 21.9 Å². The Hall–Kier alpha value is -2.78. The molecule has 1 amide bonds. The van der Waals surface area contributed by atoms with E-state index in [9.17, 15) is 13.2 Å². The second-order valence-corrected chi connectivity index (χ2v) is 8.85. The van der Waals surface area contributed by atoms with Crippen molar-refractivity contribution >= 4 is 38.1 Å². The van der Waals surface area contributed by atoms with Crippen LogP contribution in [-0.4, -0.2) is 24.5 Å². The summed E-state index contributed by atoms with van der Waals surface area (Å²) in [5.41, 5.74) is 1.43. The summed E-state index contributed by atoms with van der Waals surface area (Å²) in [5.74, 6) is -0.489. The van der Waals surface area contributed by atoms with Gasteiger partial charge in [-0.25, -0.2) is 8.42 Å². The molecule has 3 aromatic rings. The first-order valence-electron chi connectivity index (χ1n) is 8.70. The van der Waals surface area contributed by atoms with Crippen LogP contribution < -0.4 is 10.0 Å². The molecule has 3 rings (SSSR count). The van der Waals surface area contributed by atoms with Crippen molar-refractivity contribution in [3.63, 3.8) is 0 Å². The van der Waals surface area contributed by atoms with Gasteiger partial charge in [-0.1, -0.05) is 48.6 Å². The second kappa shape index (κ2) is 8.49. The summed E-state index contributed by atoms with van der Waals surface area (Å²) >= 11 is 1.20. The van der Waals surface area contributed by atoms with Gasteiger partial charge in [0.05, 0.1) is 10.8 Å². The van der Waals surface area contributed by atoms with Gasteiger partial charge >= 0.3 is 0 Å². The molecule has 0 bridgehead atoms. The van der Waals surface area contributed by atoms with Crippen molar-refractivity contribution in [1.82, 2.24) is 10.2 Å². The molecule has 2 N–H and O–H groups in total. The van der Waals surface area contributed by atoms with Crippen molar-refractivity contribution < 1.29 is 13.2 Å². The molecule has 2 aromatic carbocycles. The number of sulfonamides is 1. The Bertz CT molecular complexity index is 1050. The van der Waals surface area contributed by atoms with E-state index < -0.39 is 10.0 Å². The average molecular weight is 417 g/mol. The van der Waals surface area contributed by atoms with Crippen molar-refractivity contribution in [3.05, 3.63) is 65.2 Å². The zero-order valence-corrected chi connectivity index (χ0v) is 17.0. The van der Waals surface area contributed by atoms with Gasteiger partial charge in [-0.3, -0.25) is 9.52 Å². The molecule has 9 heteroatoms. The quantitative estimate of drug-likeness (QED) is 0.612. The summed E-state index contributed by atoms with van der Waals surface area (Å²) in [6.45, 7) is 3.74. The zero-order chi connectivity index (χ0) is 20.1. The van der Waals surface area contributed by atoms with Gasteiger partial charge in [0.25, 0.3) is 10.0 Å². The number of nitrogens with zero attached hydrogens (tertiary/aromatic N) is 2. The highest BCUT2D eigenvalue weighted by molar-refractivity contribution is 7.93. The van der Waals surface area contributed by atoms with Gasteiger partial charge in [-0.15, -0.1) is 10.2 Å². The maximum Gasteiger partial charge on any atom is 0.263 e. The normalized spacial score (nSPS) is 12.4. The summed E-state index contributed by atoms with van der Waals surface area (Å²) in [4.78, 5) is 12.5. The monoisotopic (exact) mass is 416 g/mol. The van der Waals surface area contributed by atoms with Crippen LogP contribution in [0.25, 0.3) is 0 Å². The fourth-order valence-corrected chi connectivity index (χ4v) is 4.38. The standard InChI is InChI=1S/C19H20N4O3S2/c1-3-17-21-22-19(27-17)23-28(25,26)16-11-9-15(10-12-16)20-18(24)13(2)14-7-5-4-6-8-14/h4-13H,3H2,1-2H3,(H,20,24)(H,22,23)/t13-/m0/s1. The number of anilines is 2. The lowest BCUT2D eigenvalue weighted by Gasteiger charge is -2.13. The summed E-state index contributed by atoms with van der Waals surface area (Å²) in [7, 11) is -3.77. The Balaban J connectivity index is 1.68. The van der Waals surface area contributed by atoms with E-state index >= 15 is 0 Å². The average Bonchev–Trinajstić information content (AvgIpc) is 3.15. The van der Waals surface area contributed by atoms with Gasteiger partial charge in [0.15, 0.2) is 0 Å². The predicted octanol–water partition coefficient (Wildman–Crippen LogP) is 3.64. The Kier molecular flexibility index (Phi) is 6.05. The summed E-state index contributed by atoms with van der Waals surface area (Å²) in [6.07, 6.45) is 0.690. The first-order valence-corrected chi connectivity index (χ1v) is 11.0. The number of aryl methyl sites for hydroxylation is 1. The largest absolute Gasteiger partial charge is 0.326 e. The Morgan fingerprint density at radius 3 is 2.36 bits per heavy atom. The number of rotatable bonds is 7. The first-order chi connectivity index (χ1) is 13.4. The molecule has 0 aliphatic rings. The summed E-state index contributed by atoms with van der Waals surface area (Å²) < 4.78 is 27.4. The molecule has 0 aliphatic heterocycles. The van der Waals surface area contributed by atoms with Gasteiger partial charge in [-0.2, -0.15) is 0 Å². The minimum atomic E-state index is -3.77. The highest BCUT2D eigenvalue weighted by Crippen LogP contribution is 2.22. The molecule has 0 aliphatic carbocycles. The van der Waals surface area contributed by atoms with Crippen LogP contribution in [-0.2, 0) is 21.2 Å². The van der Waals surface area contributed by atoms with Gasteiger partial charge in [0.1, 0.15) is 5.01 Å². The fourth-order valence-electron chi connectivity index (χ4n) is 2.47. The number of amides is 1. The Morgan fingerprint density at radius 2 is 1.75 bits per heavy atom. The summed E-state index contributed by atoms with van der Waals surface area (Å²) in [6, 6.07) is 15.4. The second-order valence-electron chi connectivity index (χ2n) is 6.11. The molecule has 0 fully saturated rings. The lowest BCUT2D eigenvalue weighted by Crippen LogP contribution is -2.19. The number of carbonyl (C=O) groups excluding carboxylic acids is 1. The van der Waals surface area contributed by atoms with Crippen molar-refractivity contribution in [1.29, 1.82) is 0 Å². The van der Waals surface area contributed by atoms with E-state index in [1.807, 2.05) is 44.2 Å². The van der Waals surface area contributed by atoms with E-state index in [1.54, 1.807) is 12.1 Å². The van der Waals surface area contributed by atoms with E-state index in [4.69, 9.17) is 0 Å². The van der Waals surface area contributed by atoms with Crippen molar-refractivity contribution in [2.45, 2.75) is 31.1 Å². The van der Waals surface area contributed by atoms with Crippen LogP contribution in [0.1, 0.15) is 30.3 Å². The molecule has 0 radical (unpaired) electrons. The van der Waals surface area contributed by atoms with Gasteiger partial charge < -0.3 is 5.32 Å². The summed E-state index contributed by atoms with van der Waals surface area (Å²) in [5, 5.41) is 11.5.